The summed E-state index contributed by atoms with van der Waals surface area (Å²) in [6, 6.07) is 4.59. The third kappa shape index (κ3) is 1.64. The van der Waals surface area contributed by atoms with Gasteiger partial charge in [-0.3, -0.25) is 15.5 Å². The van der Waals surface area contributed by atoms with Crippen LogP contribution in [0, 0.1) is 22.4 Å². The lowest BCUT2D eigenvalue weighted by Gasteiger charge is -2.03. The van der Waals surface area contributed by atoms with E-state index in [9.17, 15) is 10.1 Å². The minimum Gasteiger partial charge on any atom is -0.383 e. The molecule has 1 aromatic rings. The SMILES string of the molecule is Cc1cccc([N+](=O)[O-])c1C(=N)N. The van der Waals surface area contributed by atoms with Crippen molar-refractivity contribution in [2.75, 3.05) is 0 Å². The minimum atomic E-state index is -0.538. The second kappa shape index (κ2) is 3.22. The summed E-state index contributed by atoms with van der Waals surface area (Å²) >= 11 is 0. The van der Waals surface area contributed by atoms with Gasteiger partial charge in [0.25, 0.3) is 5.69 Å². The van der Waals surface area contributed by atoms with Crippen LogP contribution in [0.3, 0.4) is 0 Å². The Morgan fingerprint density at radius 3 is 2.62 bits per heavy atom. The zero-order valence-corrected chi connectivity index (χ0v) is 7.07. The molecule has 0 heterocycles. The molecule has 0 amide bonds. The minimum absolute atomic E-state index is 0.118. The Kier molecular flexibility index (Phi) is 2.27. The Bertz CT molecular complexity index is 374. The van der Waals surface area contributed by atoms with Crippen molar-refractivity contribution in [2.45, 2.75) is 6.92 Å². The number of benzene rings is 1. The summed E-state index contributed by atoms with van der Waals surface area (Å²) < 4.78 is 0. The molecular weight excluding hydrogens is 170 g/mol. The fourth-order valence-corrected chi connectivity index (χ4v) is 1.15. The highest BCUT2D eigenvalue weighted by molar-refractivity contribution is 6.00. The maximum Gasteiger partial charge on any atom is 0.280 e. The van der Waals surface area contributed by atoms with Crippen LogP contribution in [-0.2, 0) is 0 Å². The third-order valence-corrected chi connectivity index (χ3v) is 1.72. The fraction of sp³-hybridized carbons (Fsp3) is 0.125. The zero-order chi connectivity index (χ0) is 10.0. The van der Waals surface area contributed by atoms with Crippen LogP contribution >= 0.6 is 0 Å². The number of nitro benzene ring substituents is 1. The first kappa shape index (κ1) is 9.18. The number of amidine groups is 1. The average Bonchev–Trinajstić information content (AvgIpc) is 2.02. The number of aryl methyl sites for hydroxylation is 1. The van der Waals surface area contributed by atoms with Crippen molar-refractivity contribution in [3.05, 3.63) is 39.4 Å². The van der Waals surface area contributed by atoms with Crippen LogP contribution in [0.4, 0.5) is 5.69 Å². The quantitative estimate of drug-likeness (QED) is 0.309. The molecule has 0 unspecified atom stereocenters. The fourth-order valence-electron chi connectivity index (χ4n) is 1.15. The smallest absolute Gasteiger partial charge is 0.280 e. The summed E-state index contributed by atoms with van der Waals surface area (Å²) in [4.78, 5) is 9.99. The second-order valence-electron chi connectivity index (χ2n) is 2.64. The molecule has 0 aliphatic rings. The van der Waals surface area contributed by atoms with Gasteiger partial charge in [0, 0.05) is 6.07 Å². The Morgan fingerprint density at radius 1 is 1.62 bits per heavy atom. The normalized spacial score (nSPS) is 9.62. The Balaban J connectivity index is 3.43. The van der Waals surface area contributed by atoms with Gasteiger partial charge in [-0.05, 0) is 12.5 Å². The lowest BCUT2D eigenvalue weighted by Crippen LogP contribution is -2.15. The van der Waals surface area contributed by atoms with Crippen molar-refractivity contribution in [1.82, 2.24) is 0 Å². The Hall–Kier alpha value is -1.91. The van der Waals surface area contributed by atoms with Crippen LogP contribution in [0.1, 0.15) is 11.1 Å². The summed E-state index contributed by atoms with van der Waals surface area (Å²) in [6.07, 6.45) is 0. The van der Waals surface area contributed by atoms with Crippen LogP contribution in [-0.4, -0.2) is 10.8 Å². The molecule has 5 heteroatoms. The van der Waals surface area contributed by atoms with Gasteiger partial charge in [0.2, 0.25) is 0 Å². The van der Waals surface area contributed by atoms with E-state index in [1.165, 1.54) is 6.07 Å². The summed E-state index contributed by atoms with van der Waals surface area (Å²) in [5.41, 5.74) is 5.96. The lowest BCUT2D eigenvalue weighted by atomic mass is 10.1. The number of rotatable bonds is 2. The van der Waals surface area contributed by atoms with Gasteiger partial charge in [0.1, 0.15) is 5.84 Å². The first-order valence-corrected chi connectivity index (χ1v) is 3.62. The van der Waals surface area contributed by atoms with Gasteiger partial charge in [0.05, 0.1) is 10.5 Å². The molecule has 0 bridgehead atoms. The molecule has 1 aromatic carbocycles. The number of nitrogen functional groups attached to an aromatic ring is 1. The van der Waals surface area contributed by atoms with Gasteiger partial charge in [-0.2, -0.15) is 0 Å². The van der Waals surface area contributed by atoms with Crippen LogP contribution in [0.2, 0.25) is 0 Å². The number of nitro groups is 1. The van der Waals surface area contributed by atoms with E-state index in [4.69, 9.17) is 11.1 Å². The molecule has 0 aromatic heterocycles. The Labute approximate surface area is 74.8 Å². The predicted molar refractivity (Wildman–Crippen MR) is 48.8 cm³/mol. The summed E-state index contributed by atoms with van der Waals surface area (Å²) in [6.45, 7) is 1.68. The van der Waals surface area contributed by atoms with Crippen molar-refractivity contribution in [3.63, 3.8) is 0 Å². The molecule has 0 aliphatic heterocycles. The maximum atomic E-state index is 10.5. The third-order valence-electron chi connectivity index (χ3n) is 1.72. The number of nitrogens with zero attached hydrogens (tertiary/aromatic N) is 1. The highest BCUT2D eigenvalue weighted by Crippen LogP contribution is 2.20. The predicted octanol–water partition coefficient (Wildman–Crippen LogP) is 1.19. The Morgan fingerprint density at radius 2 is 2.23 bits per heavy atom. The average molecular weight is 179 g/mol. The number of hydrogen-bond donors (Lipinski definition) is 2. The highest BCUT2D eigenvalue weighted by Gasteiger charge is 2.16. The molecule has 0 spiro atoms. The van der Waals surface area contributed by atoms with E-state index in [-0.39, 0.29) is 17.1 Å². The van der Waals surface area contributed by atoms with E-state index in [0.717, 1.165) is 0 Å². The molecule has 13 heavy (non-hydrogen) atoms. The summed E-state index contributed by atoms with van der Waals surface area (Å²) in [5, 5.41) is 17.7. The molecule has 0 radical (unpaired) electrons. The van der Waals surface area contributed by atoms with Crippen molar-refractivity contribution < 1.29 is 4.92 Å². The number of nitrogens with one attached hydrogen (secondary N) is 1. The molecule has 0 aliphatic carbocycles. The number of hydrogen-bond acceptors (Lipinski definition) is 3. The lowest BCUT2D eigenvalue weighted by molar-refractivity contribution is -0.385. The van der Waals surface area contributed by atoms with Crippen LogP contribution < -0.4 is 5.73 Å². The van der Waals surface area contributed by atoms with Gasteiger partial charge < -0.3 is 5.73 Å². The van der Waals surface area contributed by atoms with Crippen molar-refractivity contribution >= 4 is 11.5 Å². The van der Waals surface area contributed by atoms with Gasteiger partial charge in [-0.1, -0.05) is 12.1 Å². The first-order valence-electron chi connectivity index (χ1n) is 3.62. The number of nitrogens with two attached hydrogens (primary N) is 1. The maximum absolute atomic E-state index is 10.5. The van der Waals surface area contributed by atoms with E-state index >= 15 is 0 Å². The molecular formula is C8H9N3O2. The van der Waals surface area contributed by atoms with Gasteiger partial charge in [-0.25, -0.2) is 0 Å². The monoisotopic (exact) mass is 179 g/mol. The van der Waals surface area contributed by atoms with Crippen molar-refractivity contribution in [1.29, 1.82) is 5.41 Å². The van der Waals surface area contributed by atoms with Gasteiger partial charge in [0.15, 0.2) is 0 Å². The molecule has 5 nitrogen and oxygen atoms in total. The van der Waals surface area contributed by atoms with Crippen LogP contribution in [0.25, 0.3) is 0 Å². The van der Waals surface area contributed by atoms with Crippen LogP contribution in [0.15, 0.2) is 18.2 Å². The highest BCUT2D eigenvalue weighted by atomic mass is 16.6. The molecule has 3 N–H and O–H groups in total. The van der Waals surface area contributed by atoms with Crippen LogP contribution in [0.5, 0.6) is 0 Å². The molecule has 1 rings (SSSR count). The first-order chi connectivity index (χ1) is 6.04. The molecule has 0 saturated heterocycles. The van der Waals surface area contributed by atoms with E-state index in [0.29, 0.717) is 5.56 Å². The van der Waals surface area contributed by atoms with Crippen molar-refractivity contribution in [3.8, 4) is 0 Å². The largest absolute Gasteiger partial charge is 0.383 e. The second-order valence-corrected chi connectivity index (χ2v) is 2.64. The van der Waals surface area contributed by atoms with E-state index in [1.807, 2.05) is 0 Å². The molecule has 0 fully saturated rings. The van der Waals surface area contributed by atoms with E-state index in [1.54, 1.807) is 19.1 Å². The zero-order valence-electron chi connectivity index (χ0n) is 7.07. The topological polar surface area (TPSA) is 93.0 Å². The van der Waals surface area contributed by atoms with Crippen molar-refractivity contribution in [2.24, 2.45) is 5.73 Å². The molecule has 0 atom stereocenters. The standard InChI is InChI=1S/C8H9N3O2/c1-5-3-2-4-6(11(12)13)7(5)8(9)10/h2-4H,1H3,(H3,9,10). The van der Waals surface area contributed by atoms with E-state index < -0.39 is 4.92 Å². The summed E-state index contributed by atoms with van der Waals surface area (Å²) in [5.74, 6) is -0.273. The summed E-state index contributed by atoms with van der Waals surface area (Å²) in [7, 11) is 0. The van der Waals surface area contributed by atoms with Gasteiger partial charge in [-0.15, -0.1) is 0 Å². The van der Waals surface area contributed by atoms with Gasteiger partial charge >= 0.3 is 0 Å². The molecule has 68 valence electrons. The molecule has 0 saturated carbocycles. The van der Waals surface area contributed by atoms with E-state index in [2.05, 4.69) is 0 Å².